The van der Waals surface area contributed by atoms with E-state index in [2.05, 4.69) is 18.7 Å². The molecule has 0 radical (unpaired) electrons. The molecule has 0 saturated carbocycles. The first-order chi connectivity index (χ1) is 8.60. The molecule has 1 aromatic rings. The number of morpholine rings is 1. The van der Waals surface area contributed by atoms with Crippen molar-refractivity contribution in [1.29, 1.82) is 0 Å². The van der Waals surface area contributed by atoms with Gasteiger partial charge in [-0.05, 0) is 31.0 Å². The van der Waals surface area contributed by atoms with E-state index in [1.807, 2.05) is 12.1 Å². The first-order valence-electron chi connectivity index (χ1n) is 6.53. The van der Waals surface area contributed by atoms with Gasteiger partial charge in [-0.3, -0.25) is 4.90 Å². The summed E-state index contributed by atoms with van der Waals surface area (Å²) in [5, 5.41) is 9.43. The lowest BCUT2D eigenvalue weighted by atomic mass is 10.1. The molecule has 1 fully saturated rings. The topological polar surface area (TPSA) is 58.7 Å². The highest BCUT2D eigenvalue weighted by Gasteiger charge is 2.25. The van der Waals surface area contributed by atoms with Gasteiger partial charge in [-0.25, -0.2) is 0 Å². The maximum atomic E-state index is 9.43. The van der Waals surface area contributed by atoms with E-state index in [4.69, 9.17) is 10.5 Å². The molecule has 3 N–H and O–H groups in total. The molecule has 0 bridgehead atoms. The average Bonchev–Trinajstić information content (AvgIpc) is 2.34. The zero-order valence-electron chi connectivity index (χ0n) is 11.1. The second-order valence-electron chi connectivity index (χ2n) is 5.03. The first-order valence-corrected chi connectivity index (χ1v) is 6.53. The Morgan fingerprint density at radius 3 is 2.94 bits per heavy atom. The lowest BCUT2D eigenvalue weighted by molar-refractivity contribution is -0.0591. The summed E-state index contributed by atoms with van der Waals surface area (Å²) in [6, 6.07) is 5.91. The van der Waals surface area contributed by atoms with Gasteiger partial charge < -0.3 is 15.6 Å². The van der Waals surface area contributed by atoms with Gasteiger partial charge in [0, 0.05) is 19.1 Å². The summed E-state index contributed by atoms with van der Waals surface area (Å²) in [7, 11) is 0. The lowest BCUT2D eigenvalue weighted by Gasteiger charge is -2.38. The second-order valence-corrected chi connectivity index (χ2v) is 5.03. The van der Waals surface area contributed by atoms with Crippen LogP contribution in [0.25, 0.3) is 0 Å². The Labute approximate surface area is 108 Å². The van der Waals surface area contributed by atoms with E-state index < -0.39 is 0 Å². The number of nitrogens with two attached hydrogens (primary N) is 1. The smallest absolute Gasteiger partial charge is 0.138 e. The molecule has 4 heteroatoms. The van der Waals surface area contributed by atoms with Gasteiger partial charge in [0.25, 0.3) is 0 Å². The maximum Gasteiger partial charge on any atom is 0.138 e. The average molecular weight is 250 g/mol. The van der Waals surface area contributed by atoms with Crippen molar-refractivity contribution in [2.75, 3.05) is 18.9 Å². The number of hydrogen-bond donors (Lipinski definition) is 2. The molecule has 0 spiro atoms. The molecule has 2 unspecified atom stereocenters. The van der Waals surface area contributed by atoms with E-state index in [1.54, 1.807) is 6.07 Å². The van der Waals surface area contributed by atoms with E-state index >= 15 is 0 Å². The Morgan fingerprint density at radius 2 is 2.28 bits per heavy atom. The van der Waals surface area contributed by atoms with Crippen LogP contribution in [0.15, 0.2) is 18.2 Å². The van der Waals surface area contributed by atoms with Crippen LogP contribution < -0.4 is 5.73 Å². The first kappa shape index (κ1) is 13.2. The third-order valence-electron chi connectivity index (χ3n) is 3.53. The van der Waals surface area contributed by atoms with Crippen molar-refractivity contribution in [2.45, 2.75) is 39.0 Å². The number of nitrogen functional groups attached to an aromatic ring is 1. The predicted octanol–water partition coefficient (Wildman–Crippen LogP) is 1.97. The van der Waals surface area contributed by atoms with Crippen LogP contribution in [0.5, 0.6) is 5.75 Å². The van der Waals surface area contributed by atoms with Gasteiger partial charge >= 0.3 is 0 Å². The molecule has 18 heavy (non-hydrogen) atoms. The minimum Gasteiger partial charge on any atom is -0.506 e. The molecular formula is C14H22N2O2. The zero-order chi connectivity index (χ0) is 13.1. The number of nitrogens with zero attached hydrogens (tertiary/aromatic N) is 1. The minimum atomic E-state index is 0.154. The zero-order valence-corrected chi connectivity index (χ0v) is 11.1. The molecular weight excluding hydrogens is 228 g/mol. The standard InChI is InChI=1S/C14H22N2O2/c1-3-12-9-18-10(2)7-16(12)8-11-4-5-14(17)13(15)6-11/h4-6,10,12,17H,3,7-9,15H2,1-2H3. The Kier molecular flexibility index (Phi) is 4.09. The largest absolute Gasteiger partial charge is 0.506 e. The van der Waals surface area contributed by atoms with Gasteiger partial charge in [0.1, 0.15) is 5.75 Å². The van der Waals surface area contributed by atoms with E-state index in [-0.39, 0.29) is 11.9 Å². The predicted molar refractivity (Wildman–Crippen MR) is 72.4 cm³/mol. The van der Waals surface area contributed by atoms with E-state index in [9.17, 15) is 5.11 Å². The summed E-state index contributed by atoms with van der Waals surface area (Å²) in [6.07, 6.45) is 1.36. The van der Waals surface area contributed by atoms with Gasteiger partial charge in [0.15, 0.2) is 0 Å². The molecule has 2 rings (SSSR count). The van der Waals surface area contributed by atoms with Crippen molar-refractivity contribution in [3.63, 3.8) is 0 Å². The quantitative estimate of drug-likeness (QED) is 0.636. The van der Waals surface area contributed by atoms with Crippen molar-refractivity contribution < 1.29 is 9.84 Å². The van der Waals surface area contributed by atoms with Crippen LogP contribution in [-0.2, 0) is 11.3 Å². The van der Waals surface area contributed by atoms with E-state index in [1.165, 1.54) is 0 Å². The summed E-state index contributed by atoms with van der Waals surface area (Å²) in [5.41, 5.74) is 7.31. The van der Waals surface area contributed by atoms with Crippen LogP contribution in [0.3, 0.4) is 0 Å². The maximum absolute atomic E-state index is 9.43. The fraction of sp³-hybridized carbons (Fsp3) is 0.571. The molecule has 100 valence electrons. The number of benzene rings is 1. The Balaban J connectivity index is 2.08. The van der Waals surface area contributed by atoms with Gasteiger partial charge in [-0.2, -0.15) is 0 Å². The summed E-state index contributed by atoms with van der Waals surface area (Å²) in [4.78, 5) is 2.43. The Morgan fingerprint density at radius 1 is 1.50 bits per heavy atom. The Bertz CT molecular complexity index is 409. The van der Waals surface area contributed by atoms with E-state index in [0.717, 1.165) is 31.7 Å². The summed E-state index contributed by atoms with van der Waals surface area (Å²) < 4.78 is 5.69. The van der Waals surface area contributed by atoms with Crippen molar-refractivity contribution in [2.24, 2.45) is 0 Å². The van der Waals surface area contributed by atoms with Gasteiger partial charge in [0.2, 0.25) is 0 Å². The third-order valence-corrected chi connectivity index (χ3v) is 3.53. The molecule has 1 saturated heterocycles. The van der Waals surface area contributed by atoms with Crippen LogP contribution in [0.1, 0.15) is 25.8 Å². The number of rotatable bonds is 3. The van der Waals surface area contributed by atoms with Crippen molar-refractivity contribution >= 4 is 5.69 Å². The summed E-state index contributed by atoms with van der Waals surface area (Å²) in [5.74, 6) is 0.154. The molecule has 4 nitrogen and oxygen atoms in total. The van der Waals surface area contributed by atoms with Gasteiger partial charge in [0.05, 0.1) is 18.4 Å². The summed E-state index contributed by atoms with van der Waals surface area (Å²) in [6.45, 7) is 6.88. The normalized spacial score (nSPS) is 25.2. The number of phenols is 1. The van der Waals surface area contributed by atoms with Crippen LogP contribution in [0.2, 0.25) is 0 Å². The number of anilines is 1. The van der Waals surface area contributed by atoms with Gasteiger partial charge in [-0.1, -0.05) is 13.0 Å². The number of hydrogen-bond acceptors (Lipinski definition) is 4. The van der Waals surface area contributed by atoms with Crippen LogP contribution in [-0.4, -0.2) is 35.3 Å². The molecule has 0 amide bonds. The van der Waals surface area contributed by atoms with Crippen LogP contribution in [0.4, 0.5) is 5.69 Å². The van der Waals surface area contributed by atoms with E-state index in [0.29, 0.717) is 11.7 Å². The van der Waals surface area contributed by atoms with Crippen molar-refractivity contribution in [3.05, 3.63) is 23.8 Å². The van der Waals surface area contributed by atoms with Crippen molar-refractivity contribution in [3.8, 4) is 5.75 Å². The monoisotopic (exact) mass is 250 g/mol. The summed E-state index contributed by atoms with van der Waals surface area (Å²) >= 11 is 0. The number of ether oxygens (including phenoxy) is 1. The van der Waals surface area contributed by atoms with Crippen molar-refractivity contribution in [1.82, 2.24) is 4.90 Å². The number of phenolic OH excluding ortho intramolecular Hbond substituents is 1. The molecule has 1 aromatic carbocycles. The van der Waals surface area contributed by atoms with Gasteiger partial charge in [-0.15, -0.1) is 0 Å². The molecule has 0 aliphatic carbocycles. The van der Waals surface area contributed by atoms with Crippen LogP contribution >= 0.6 is 0 Å². The minimum absolute atomic E-state index is 0.154. The molecule has 1 aliphatic rings. The molecule has 0 aromatic heterocycles. The SMILES string of the molecule is CCC1COC(C)CN1Cc1ccc(O)c(N)c1. The fourth-order valence-electron chi connectivity index (χ4n) is 2.42. The molecule has 1 heterocycles. The van der Waals surface area contributed by atoms with Crippen LogP contribution in [0, 0.1) is 0 Å². The highest BCUT2D eigenvalue weighted by molar-refractivity contribution is 5.53. The number of aromatic hydroxyl groups is 1. The highest BCUT2D eigenvalue weighted by Crippen LogP contribution is 2.23. The Hall–Kier alpha value is -1.26. The second kappa shape index (κ2) is 5.59. The highest BCUT2D eigenvalue weighted by atomic mass is 16.5. The lowest BCUT2D eigenvalue weighted by Crippen LogP contribution is -2.47. The molecule has 2 atom stereocenters. The third kappa shape index (κ3) is 2.94. The fourth-order valence-corrected chi connectivity index (χ4v) is 2.42. The molecule has 1 aliphatic heterocycles.